The Balaban J connectivity index is 2.69. The van der Waals surface area contributed by atoms with Crippen LogP contribution >= 0.6 is 11.8 Å². The third-order valence-electron chi connectivity index (χ3n) is 6.29. The van der Waals surface area contributed by atoms with Gasteiger partial charge in [0, 0.05) is 9.79 Å². The number of alkyl halides is 16. The van der Waals surface area contributed by atoms with Gasteiger partial charge in [-0.3, -0.25) is 9.11 Å². The molecule has 0 aliphatic rings. The van der Waals surface area contributed by atoms with Gasteiger partial charge >= 0.3 is 64.9 Å². The topological polar surface area (TPSA) is 177 Å². The summed E-state index contributed by atoms with van der Waals surface area (Å²) >= 11 is -0.719. The third kappa shape index (κ3) is 6.75. The first-order chi connectivity index (χ1) is 23.8. The highest BCUT2D eigenvalue weighted by Crippen LogP contribution is 2.58. The molecule has 2 rings (SSSR count). The molecular formula is C20H6F20O10S5. The monoisotopic (exact) mass is 946 g/mol. The minimum atomic E-state index is -8.20. The van der Waals surface area contributed by atoms with Gasteiger partial charge in [-0.05, 0) is 24.3 Å². The molecule has 0 radical (unpaired) electrons. The van der Waals surface area contributed by atoms with Gasteiger partial charge in [-0.2, -0.15) is 87.1 Å². The van der Waals surface area contributed by atoms with Crippen molar-refractivity contribution in [1.82, 2.24) is 0 Å². The molecule has 0 aromatic heterocycles. The van der Waals surface area contributed by atoms with Crippen molar-refractivity contribution in [2.45, 2.75) is 64.3 Å². The molecule has 55 heavy (non-hydrogen) atoms. The van der Waals surface area contributed by atoms with Crippen LogP contribution in [-0.4, -0.2) is 87.5 Å². The predicted molar refractivity (Wildman–Crippen MR) is 134 cm³/mol. The van der Waals surface area contributed by atoms with Gasteiger partial charge in [0.25, 0.3) is 19.7 Å². The van der Waals surface area contributed by atoms with Crippen molar-refractivity contribution >= 4 is 51.7 Å². The second-order valence-corrected chi connectivity index (χ2v) is 17.8. The normalized spacial score (nSPS) is 15.4. The Labute approximate surface area is 293 Å². The van der Waals surface area contributed by atoms with Crippen molar-refractivity contribution in [3.05, 3.63) is 47.5 Å². The zero-order valence-corrected chi connectivity index (χ0v) is 28.2. The number of rotatable bonds is 14. The molecule has 10 nitrogen and oxygen atoms in total. The summed E-state index contributed by atoms with van der Waals surface area (Å²) in [6.45, 7) is 0. The lowest BCUT2D eigenvalue weighted by atomic mass is 10.2. The molecule has 2 aromatic carbocycles. The van der Waals surface area contributed by atoms with E-state index in [2.05, 4.69) is 0 Å². The van der Waals surface area contributed by atoms with E-state index in [9.17, 15) is 121 Å². The summed E-state index contributed by atoms with van der Waals surface area (Å²) in [6.07, 6.45) is 0. The molecule has 0 atom stereocenters. The number of halogens is 20. The van der Waals surface area contributed by atoms with E-state index < -0.39 is 163 Å². The number of hydrogen-bond donors (Lipinski definition) is 2. The van der Waals surface area contributed by atoms with E-state index in [0.29, 0.717) is 0 Å². The highest BCUT2D eigenvalue weighted by Gasteiger charge is 2.89. The van der Waals surface area contributed by atoms with Crippen LogP contribution in [0.5, 0.6) is 0 Å². The van der Waals surface area contributed by atoms with Crippen LogP contribution in [0, 0.1) is 23.3 Å². The van der Waals surface area contributed by atoms with Crippen LogP contribution in [0.25, 0.3) is 0 Å². The Morgan fingerprint density at radius 1 is 0.382 bits per heavy atom. The van der Waals surface area contributed by atoms with Crippen molar-refractivity contribution in [2.24, 2.45) is 0 Å². The first-order valence-corrected chi connectivity index (χ1v) is 18.6. The fourth-order valence-corrected chi connectivity index (χ4v) is 8.02. The summed E-state index contributed by atoms with van der Waals surface area (Å²) in [5, 5.41) is -31.0. The zero-order chi connectivity index (χ0) is 44.2. The molecular weight excluding hydrogens is 941 g/mol. The summed E-state index contributed by atoms with van der Waals surface area (Å²) < 4.78 is 386. The molecule has 0 heterocycles. The molecule has 35 heteroatoms. The van der Waals surface area contributed by atoms with Crippen LogP contribution < -0.4 is 0 Å². The maximum absolute atomic E-state index is 14.6. The van der Waals surface area contributed by atoms with Crippen molar-refractivity contribution in [2.75, 3.05) is 0 Å². The van der Waals surface area contributed by atoms with Crippen molar-refractivity contribution < 1.29 is 131 Å². The summed E-state index contributed by atoms with van der Waals surface area (Å²) in [5.41, 5.74) is 0. The number of sulfone groups is 2. The first-order valence-electron chi connectivity index (χ1n) is 11.9. The van der Waals surface area contributed by atoms with Gasteiger partial charge in [-0.25, -0.2) is 34.4 Å². The quantitative estimate of drug-likeness (QED) is 0.154. The van der Waals surface area contributed by atoms with Crippen LogP contribution in [0.3, 0.4) is 0 Å². The second-order valence-electron chi connectivity index (χ2n) is 9.86. The van der Waals surface area contributed by atoms with Crippen LogP contribution in [0.15, 0.2) is 43.8 Å². The Kier molecular flexibility index (Phi) is 11.7. The van der Waals surface area contributed by atoms with Gasteiger partial charge < -0.3 is 0 Å². The van der Waals surface area contributed by atoms with E-state index in [4.69, 9.17) is 9.11 Å². The second kappa shape index (κ2) is 13.3. The Morgan fingerprint density at radius 3 is 0.745 bits per heavy atom. The Morgan fingerprint density at radius 2 is 0.564 bits per heavy atom. The molecule has 2 aromatic rings. The van der Waals surface area contributed by atoms with Gasteiger partial charge in [-0.1, -0.05) is 11.8 Å². The molecule has 0 unspecified atom stereocenters. The molecule has 0 saturated heterocycles. The molecule has 0 amide bonds. The lowest BCUT2D eigenvalue weighted by Crippen LogP contribution is -2.66. The van der Waals surface area contributed by atoms with Gasteiger partial charge in [0.2, 0.25) is 0 Å². The molecule has 2 N–H and O–H groups in total. The smallest absolute Gasteiger partial charge is 0.281 e. The SMILES string of the molecule is O=S(=O)(O)C(F)(F)C(F)(F)C(F)(F)C(F)(F)S(=O)(=O)c1c(F)cc(Sc2cc(F)c(S(=O)(=O)C(F)(F)C(F)(F)C(F)(F)C(F)(F)S(=O)(=O)O)c(F)c2)cc1F. The average Bonchev–Trinajstić information content (AvgIpc) is 2.94. The fourth-order valence-electron chi connectivity index (χ4n) is 3.49. The number of benzene rings is 2. The summed E-state index contributed by atoms with van der Waals surface area (Å²) in [7, 11) is -31.8. The lowest BCUT2D eigenvalue weighted by Gasteiger charge is -2.34. The van der Waals surface area contributed by atoms with E-state index in [-0.39, 0.29) is 0 Å². The van der Waals surface area contributed by atoms with Crippen molar-refractivity contribution in [3.63, 3.8) is 0 Å². The van der Waals surface area contributed by atoms with Crippen molar-refractivity contribution in [1.29, 1.82) is 0 Å². The predicted octanol–water partition coefficient (Wildman–Crippen LogP) is 6.63. The summed E-state index contributed by atoms with van der Waals surface area (Å²) in [5.74, 6) is -45.2. The molecule has 0 bridgehead atoms. The van der Waals surface area contributed by atoms with E-state index in [1.807, 2.05) is 0 Å². The fraction of sp³-hybridized carbons (Fsp3) is 0.400. The van der Waals surface area contributed by atoms with Gasteiger partial charge in [-0.15, -0.1) is 0 Å². The maximum atomic E-state index is 14.6. The van der Waals surface area contributed by atoms with Crippen LogP contribution in [-0.2, 0) is 39.9 Å². The minimum absolute atomic E-state index is 0.674. The molecule has 0 spiro atoms. The molecule has 0 fully saturated rings. The lowest BCUT2D eigenvalue weighted by molar-refractivity contribution is -0.326. The molecule has 316 valence electrons. The van der Waals surface area contributed by atoms with Crippen LogP contribution in [0.1, 0.15) is 0 Å². The largest absolute Gasteiger partial charge is 0.438 e. The maximum Gasteiger partial charge on any atom is 0.438 e. The highest BCUT2D eigenvalue weighted by molar-refractivity contribution is 7.99. The van der Waals surface area contributed by atoms with E-state index in [1.165, 1.54) is 0 Å². The zero-order valence-electron chi connectivity index (χ0n) is 24.1. The summed E-state index contributed by atoms with van der Waals surface area (Å²) in [6, 6.07) is -2.70. The first kappa shape index (κ1) is 48.3. The summed E-state index contributed by atoms with van der Waals surface area (Å²) in [4.78, 5) is -9.87. The van der Waals surface area contributed by atoms with Gasteiger partial charge in [0.15, 0.2) is 0 Å². The third-order valence-corrected chi connectivity index (χ3v) is 12.8. The van der Waals surface area contributed by atoms with Crippen LogP contribution in [0.4, 0.5) is 87.8 Å². The van der Waals surface area contributed by atoms with E-state index in [0.717, 1.165) is 0 Å². The number of hydrogen-bond acceptors (Lipinski definition) is 9. The molecule has 0 saturated carbocycles. The van der Waals surface area contributed by atoms with Crippen molar-refractivity contribution in [3.8, 4) is 0 Å². The highest BCUT2D eigenvalue weighted by atomic mass is 32.2. The van der Waals surface area contributed by atoms with Crippen LogP contribution in [0.2, 0.25) is 0 Å². The molecule has 0 aliphatic carbocycles. The Hall–Kier alpha value is -2.89. The minimum Gasteiger partial charge on any atom is -0.281 e. The standard InChI is InChI=1S/C20H6F20O10S5/c21-7-1-5(2-8(22)11(7)52(41,42)17(33,34)13(25,26)15(29,30)19(37,38)54(45,46)47)51-6-3-9(23)12(10(24)4-6)53(43,44)18(35,36)14(27,28)16(31,32)20(39,40)55(48,49)50/h1-4H,(H,45,46,47)(H,48,49,50). The van der Waals surface area contributed by atoms with Gasteiger partial charge in [0.05, 0.1) is 0 Å². The van der Waals surface area contributed by atoms with E-state index >= 15 is 0 Å². The average molecular weight is 947 g/mol. The van der Waals surface area contributed by atoms with Gasteiger partial charge in [0.1, 0.15) is 33.1 Å². The Bertz CT molecular complexity index is 2140. The molecule has 0 aliphatic heterocycles. The van der Waals surface area contributed by atoms with E-state index in [1.54, 1.807) is 0 Å².